The number of benzene rings is 1. The predicted molar refractivity (Wildman–Crippen MR) is 70.3 cm³/mol. The summed E-state index contributed by atoms with van der Waals surface area (Å²) in [6.07, 6.45) is 0. The number of anilines is 1. The smallest absolute Gasteiger partial charge is 0.254 e. The van der Waals surface area contributed by atoms with Gasteiger partial charge in [0, 0.05) is 29.7 Å². The van der Waals surface area contributed by atoms with E-state index in [0.717, 1.165) is 18.1 Å². The van der Waals surface area contributed by atoms with E-state index in [0.29, 0.717) is 11.3 Å². The van der Waals surface area contributed by atoms with E-state index >= 15 is 0 Å². The topological polar surface area (TPSA) is 66.6 Å². The molecule has 1 aromatic rings. The van der Waals surface area contributed by atoms with Crippen LogP contribution in [0.25, 0.3) is 0 Å². The Hall–Kier alpha value is -1.36. The average Bonchev–Trinajstić information content (AvgIpc) is 2.32. The van der Waals surface area contributed by atoms with E-state index in [1.807, 2.05) is 23.6 Å². The molecular weight excluding hydrogens is 236 g/mol. The number of nitrogens with zero attached hydrogens (tertiary/aromatic N) is 1. The summed E-state index contributed by atoms with van der Waals surface area (Å²) in [5.41, 5.74) is 6.31. The van der Waals surface area contributed by atoms with Crippen LogP contribution in [-0.4, -0.2) is 40.0 Å². The average molecular weight is 252 g/mol. The first-order valence-electron chi connectivity index (χ1n) is 5.57. The molecule has 5 heteroatoms. The minimum absolute atomic E-state index is 0.0325. The highest BCUT2D eigenvalue weighted by Crippen LogP contribution is 2.24. The van der Waals surface area contributed by atoms with Crippen molar-refractivity contribution in [3.05, 3.63) is 23.8 Å². The summed E-state index contributed by atoms with van der Waals surface area (Å²) in [5, 5.41) is 9.51. The number of nitrogens with two attached hydrogens (primary N) is 1. The summed E-state index contributed by atoms with van der Waals surface area (Å²) in [7, 11) is 0. The normalized spacial score (nSPS) is 20.3. The zero-order chi connectivity index (χ0) is 12.4. The van der Waals surface area contributed by atoms with Gasteiger partial charge < -0.3 is 15.7 Å². The maximum Gasteiger partial charge on any atom is 0.254 e. The lowest BCUT2D eigenvalue weighted by Gasteiger charge is -2.33. The third-order valence-corrected chi connectivity index (χ3v) is 4.10. The second-order valence-electron chi connectivity index (χ2n) is 4.20. The Morgan fingerprint density at radius 1 is 1.59 bits per heavy atom. The molecule has 2 rings (SSSR count). The predicted octanol–water partition coefficient (Wildman–Crippen LogP) is 1.55. The van der Waals surface area contributed by atoms with Gasteiger partial charge in [0.2, 0.25) is 0 Å². The number of nitrogen functional groups attached to an aromatic ring is 1. The van der Waals surface area contributed by atoms with Crippen molar-refractivity contribution >= 4 is 23.4 Å². The van der Waals surface area contributed by atoms with Crippen molar-refractivity contribution in [2.24, 2.45) is 0 Å². The van der Waals surface area contributed by atoms with E-state index in [1.54, 1.807) is 12.1 Å². The lowest BCUT2D eigenvalue weighted by atomic mass is 10.1. The second-order valence-corrected chi connectivity index (χ2v) is 5.35. The van der Waals surface area contributed by atoms with Crippen molar-refractivity contribution in [3.8, 4) is 5.75 Å². The number of thioether (sulfide) groups is 1. The first-order chi connectivity index (χ1) is 8.09. The number of phenols is 1. The lowest BCUT2D eigenvalue weighted by Crippen LogP contribution is -2.44. The molecule has 0 saturated carbocycles. The molecule has 4 nitrogen and oxygen atoms in total. The van der Waals surface area contributed by atoms with Gasteiger partial charge in [0.1, 0.15) is 5.75 Å². The number of carbonyl (C=O) groups is 1. The van der Waals surface area contributed by atoms with Crippen LogP contribution in [0.5, 0.6) is 5.75 Å². The number of phenolic OH excluding ortho intramolecular Hbond substituents is 1. The molecule has 0 aliphatic carbocycles. The van der Waals surface area contributed by atoms with Crippen LogP contribution in [0.15, 0.2) is 18.2 Å². The fourth-order valence-electron chi connectivity index (χ4n) is 1.87. The van der Waals surface area contributed by atoms with E-state index < -0.39 is 0 Å². The van der Waals surface area contributed by atoms with Crippen molar-refractivity contribution < 1.29 is 9.90 Å². The summed E-state index contributed by atoms with van der Waals surface area (Å²) in [6, 6.07) is 4.89. The van der Waals surface area contributed by atoms with Gasteiger partial charge in [-0.3, -0.25) is 4.79 Å². The van der Waals surface area contributed by atoms with E-state index in [1.165, 1.54) is 6.07 Å². The van der Waals surface area contributed by atoms with Crippen molar-refractivity contribution in [2.75, 3.05) is 23.8 Å². The fraction of sp³-hybridized carbons (Fsp3) is 0.417. The van der Waals surface area contributed by atoms with Crippen LogP contribution in [0.1, 0.15) is 17.3 Å². The van der Waals surface area contributed by atoms with Crippen LogP contribution < -0.4 is 5.73 Å². The van der Waals surface area contributed by atoms with Crippen molar-refractivity contribution in [3.63, 3.8) is 0 Å². The number of aromatic hydroxyl groups is 1. The zero-order valence-electron chi connectivity index (χ0n) is 9.72. The molecule has 1 aliphatic heterocycles. The third-order valence-electron chi connectivity index (χ3n) is 2.91. The molecule has 1 atom stereocenters. The van der Waals surface area contributed by atoms with Gasteiger partial charge in [-0.2, -0.15) is 11.8 Å². The molecule has 0 aromatic heterocycles. The maximum atomic E-state index is 12.2. The minimum atomic E-state index is -0.0342. The van der Waals surface area contributed by atoms with E-state index in [-0.39, 0.29) is 17.7 Å². The third kappa shape index (κ3) is 2.49. The Morgan fingerprint density at radius 2 is 2.35 bits per heavy atom. The van der Waals surface area contributed by atoms with Crippen LogP contribution in [0.4, 0.5) is 5.69 Å². The van der Waals surface area contributed by atoms with Crippen molar-refractivity contribution in [2.45, 2.75) is 13.0 Å². The number of rotatable bonds is 1. The van der Waals surface area contributed by atoms with Gasteiger partial charge in [0.15, 0.2) is 0 Å². The van der Waals surface area contributed by atoms with Gasteiger partial charge in [-0.25, -0.2) is 0 Å². The van der Waals surface area contributed by atoms with E-state index in [4.69, 9.17) is 5.73 Å². The van der Waals surface area contributed by atoms with Crippen LogP contribution in [0.2, 0.25) is 0 Å². The molecule has 1 saturated heterocycles. The molecule has 17 heavy (non-hydrogen) atoms. The summed E-state index contributed by atoms with van der Waals surface area (Å²) in [6.45, 7) is 2.80. The number of hydrogen-bond acceptors (Lipinski definition) is 4. The number of carbonyl (C=O) groups excluding carboxylic acids is 1. The first kappa shape index (κ1) is 12.1. The second kappa shape index (κ2) is 4.87. The molecule has 1 aliphatic rings. The first-order valence-corrected chi connectivity index (χ1v) is 6.72. The van der Waals surface area contributed by atoms with Gasteiger partial charge in [-0.1, -0.05) is 0 Å². The lowest BCUT2D eigenvalue weighted by molar-refractivity contribution is 0.0715. The minimum Gasteiger partial charge on any atom is -0.506 e. The molecule has 1 aromatic carbocycles. The molecule has 1 heterocycles. The van der Waals surface area contributed by atoms with Gasteiger partial charge in [0.25, 0.3) is 5.91 Å². The number of amides is 1. The zero-order valence-corrected chi connectivity index (χ0v) is 10.5. The van der Waals surface area contributed by atoms with Crippen LogP contribution >= 0.6 is 11.8 Å². The van der Waals surface area contributed by atoms with Gasteiger partial charge in [-0.15, -0.1) is 0 Å². The highest BCUT2D eigenvalue weighted by molar-refractivity contribution is 7.99. The van der Waals surface area contributed by atoms with Crippen molar-refractivity contribution in [1.82, 2.24) is 4.90 Å². The van der Waals surface area contributed by atoms with Crippen LogP contribution in [0.3, 0.4) is 0 Å². The fourth-order valence-corrected chi connectivity index (χ4v) is 2.88. The van der Waals surface area contributed by atoms with E-state index in [2.05, 4.69) is 0 Å². The molecule has 1 fully saturated rings. The van der Waals surface area contributed by atoms with Gasteiger partial charge >= 0.3 is 0 Å². The number of hydrogen-bond donors (Lipinski definition) is 2. The monoisotopic (exact) mass is 252 g/mol. The summed E-state index contributed by atoms with van der Waals surface area (Å²) >= 11 is 1.86. The van der Waals surface area contributed by atoms with E-state index in [9.17, 15) is 9.90 Å². The molecule has 0 bridgehead atoms. The summed E-state index contributed by atoms with van der Waals surface area (Å²) < 4.78 is 0. The Kier molecular flexibility index (Phi) is 3.47. The van der Waals surface area contributed by atoms with Crippen molar-refractivity contribution in [1.29, 1.82) is 0 Å². The van der Waals surface area contributed by atoms with Gasteiger partial charge in [-0.05, 0) is 25.1 Å². The van der Waals surface area contributed by atoms with Gasteiger partial charge in [0.05, 0.1) is 5.69 Å². The molecule has 0 spiro atoms. The quantitative estimate of drug-likeness (QED) is 0.588. The van der Waals surface area contributed by atoms with Crippen LogP contribution in [0, 0.1) is 0 Å². The highest BCUT2D eigenvalue weighted by atomic mass is 32.2. The SMILES string of the molecule is CC1CSCCN1C(=O)c1ccc(N)c(O)c1. The van der Waals surface area contributed by atoms with Crippen LogP contribution in [-0.2, 0) is 0 Å². The summed E-state index contributed by atoms with van der Waals surface area (Å²) in [4.78, 5) is 14.1. The Morgan fingerprint density at radius 3 is 3.00 bits per heavy atom. The molecule has 1 amide bonds. The maximum absolute atomic E-state index is 12.2. The Bertz CT molecular complexity index is 437. The summed E-state index contributed by atoms with van der Waals surface area (Å²) in [5.74, 6) is 1.87. The molecule has 92 valence electrons. The highest BCUT2D eigenvalue weighted by Gasteiger charge is 2.24. The molecular formula is C12H16N2O2S. The molecule has 1 unspecified atom stereocenters. The molecule has 3 N–H and O–H groups in total. The Balaban J connectivity index is 2.21. The molecule has 0 radical (unpaired) electrons. The Labute approximate surface area is 105 Å². The largest absolute Gasteiger partial charge is 0.506 e. The standard InChI is InChI=1S/C12H16N2O2S/c1-8-7-17-5-4-14(8)12(16)9-2-3-10(13)11(15)6-9/h2-3,6,8,15H,4-5,7,13H2,1H3.